The summed E-state index contributed by atoms with van der Waals surface area (Å²) in [6.07, 6.45) is 0. The molecule has 0 spiro atoms. The molecule has 0 fully saturated rings. The zero-order chi connectivity index (χ0) is 16.5. The lowest BCUT2D eigenvalue weighted by atomic mass is 9.86. The molecule has 118 valence electrons. The summed E-state index contributed by atoms with van der Waals surface area (Å²) in [4.78, 5) is 21.3. The molecule has 6 nitrogen and oxygen atoms in total. The maximum Gasteiger partial charge on any atom is 0.335 e. The average Bonchev–Trinajstić information content (AvgIpc) is 2.48. The van der Waals surface area contributed by atoms with Crippen molar-refractivity contribution in [3.05, 3.63) is 35.9 Å². The zero-order valence-electron chi connectivity index (χ0n) is 12.6. The molecule has 0 aliphatic carbocycles. The number of carbonyl (C=O) groups excluding carboxylic acids is 1. The van der Waals surface area contributed by atoms with Crippen molar-refractivity contribution in [2.45, 2.75) is 26.8 Å². The normalized spacial score (nSPS) is 11.9. The summed E-state index contributed by atoms with van der Waals surface area (Å²) >= 11 is 0. The average molecular weight is 297 g/mol. The smallest absolute Gasteiger partial charge is 0.335 e. The van der Waals surface area contributed by atoms with Gasteiger partial charge in [0.05, 0.1) is 18.8 Å². The maximum absolute atomic E-state index is 11.1. The number of hydrogen-bond donors (Lipinski definition) is 3. The van der Waals surface area contributed by atoms with Crippen LogP contribution in [0.1, 0.15) is 31.1 Å². The first-order valence-corrected chi connectivity index (χ1v) is 6.57. The van der Waals surface area contributed by atoms with Gasteiger partial charge in [-0.15, -0.1) is 0 Å². The number of carboxylic acids is 1. The van der Waals surface area contributed by atoms with E-state index >= 15 is 0 Å². The first kappa shape index (κ1) is 19.1. The molecule has 1 aromatic carbocycles. The SMILES string of the molecule is CCOC(=O)C(N)C(C)(C)CO.O=C(O)c1ccccc1. The molecule has 4 N–H and O–H groups in total. The predicted octanol–water partition coefficient (Wildman–Crippen LogP) is 1.28. The predicted molar refractivity (Wildman–Crippen MR) is 78.9 cm³/mol. The number of nitrogens with two attached hydrogens (primary N) is 1. The third kappa shape index (κ3) is 6.87. The van der Waals surface area contributed by atoms with Gasteiger partial charge >= 0.3 is 11.9 Å². The molecule has 1 atom stereocenters. The van der Waals surface area contributed by atoms with Crippen LogP contribution in [0.15, 0.2) is 30.3 Å². The van der Waals surface area contributed by atoms with Crippen LogP contribution in [0.5, 0.6) is 0 Å². The number of aromatic carboxylic acids is 1. The second kappa shape index (κ2) is 9.10. The second-order valence-corrected chi connectivity index (χ2v) is 5.05. The van der Waals surface area contributed by atoms with Crippen molar-refractivity contribution in [1.29, 1.82) is 0 Å². The maximum atomic E-state index is 11.1. The third-order valence-electron chi connectivity index (χ3n) is 2.81. The summed E-state index contributed by atoms with van der Waals surface area (Å²) < 4.78 is 4.72. The molecule has 0 aromatic heterocycles. The molecule has 0 radical (unpaired) electrons. The van der Waals surface area contributed by atoms with E-state index in [9.17, 15) is 9.59 Å². The molecule has 0 aliphatic heterocycles. The van der Waals surface area contributed by atoms with E-state index in [1.807, 2.05) is 0 Å². The summed E-state index contributed by atoms with van der Waals surface area (Å²) in [5.41, 5.74) is 5.27. The largest absolute Gasteiger partial charge is 0.478 e. The van der Waals surface area contributed by atoms with Crippen molar-refractivity contribution in [2.75, 3.05) is 13.2 Å². The lowest BCUT2D eigenvalue weighted by Crippen LogP contribution is -2.46. The van der Waals surface area contributed by atoms with E-state index in [1.54, 1.807) is 51.1 Å². The molecule has 0 aliphatic rings. The van der Waals surface area contributed by atoms with Crippen LogP contribution in [-0.2, 0) is 9.53 Å². The second-order valence-electron chi connectivity index (χ2n) is 5.05. The molecule has 0 amide bonds. The minimum atomic E-state index is -0.879. The van der Waals surface area contributed by atoms with E-state index < -0.39 is 23.4 Å². The lowest BCUT2D eigenvalue weighted by Gasteiger charge is -2.27. The van der Waals surface area contributed by atoms with Crippen molar-refractivity contribution in [3.63, 3.8) is 0 Å². The van der Waals surface area contributed by atoms with E-state index in [4.69, 9.17) is 20.7 Å². The molecule has 0 heterocycles. The van der Waals surface area contributed by atoms with Crippen LogP contribution in [0.3, 0.4) is 0 Å². The van der Waals surface area contributed by atoms with Gasteiger partial charge in [0.2, 0.25) is 0 Å². The Kier molecular flexibility index (Phi) is 8.26. The topological polar surface area (TPSA) is 110 Å². The van der Waals surface area contributed by atoms with E-state index in [0.717, 1.165) is 0 Å². The highest BCUT2D eigenvalue weighted by Gasteiger charge is 2.32. The van der Waals surface area contributed by atoms with Gasteiger partial charge < -0.3 is 20.7 Å². The van der Waals surface area contributed by atoms with Crippen molar-refractivity contribution >= 4 is 11.9 Å². The summed E-state index contributed by atoms with van der Waals surface area (Å²) in [5.74, 6) is -1.34. The fourth-order valence-corrected chi connectivity index (χ4v) is 1.23. The number of hydrogen-bond acceptors (Lipinski definition) is 5. The molecular formula is C15H23NO5. The van der Waals surface area contributed by atoms with Crippen LogP contribution in [0.25, 0.3) is 0 Å². The molecule has 1 aromatic rings. The van der Waals surface area contributed by atoms with Gasteiger partial charge in [-0.2, -0.15) is 0 Å². The Labute approximate surface area is 124 Å². The number of aliphatic hydroxyl groups is 1. The number of benzene rings is 1. The van der Waals surface area contributed by atoms with Crippen molar-refractivity contribution in [1.82, 2.24) is 0 Å². The number of aliphatic hydroxyl groups excluding tert-OH is 1. The Hall–Kier alpha value is -1.92. The third-order valence-corrected chi connectivity index (χ3v) is 2.81. The number of ether oxygens (including phenoxy) is 1. The van der Waals surface area contributed by atoms with Crippen molar-refractivity contribution in [3.8, 4) is 0 Å². The molecule has 21 heavy (non-hydrogen) atoms. The van der Waals surface area contributed by atoms with Crippen LogP contribution >= 0.6 is 0 Å². The highest BCUT2D eigenvalue weighted by molar-refractivity contribution is 5.87. The fraction of sp³-hybridized carbons (Fsp3) is 0.467. The summed E-state index contributed by atoms with van der Waals surface area (Å²) in [5, 5.41) is 17.3. The number of rotatable bonds is 5. The van der Waals surface area contributed by atoms with Crippen LogP contribution < -0.4 is 5.73 Å². The molecule has 0 saturated carbocycles. The van der Waals surface area contributed by atoms with Crippen molar-refractivity contribution in [2.24, 2.45) is 11.1 Å². The Morgan fingerprint density at radius 3 is 2.14 bits per heavy atom. The minimum absolute atomic E-state index is 0.132. The zero-order valence-corrected chi connectivity index (χ0v) is 12.6. The first-order chi connectivity index (χ1) is 9.76. The summed E-state index contributed by atoms with van der Waals surface area (Å²) in [6.45, 7) is 5.33. The Morgan fingerprint density at radius 1 is 1.29 bits per heavy atom. The summed E-state index contributed by atoms with van der Waals surface area (Å²) in [6, 6.07) is 7.53. The van der Waals surface area contributed by atoms with Crippen LogP contribution in [0, 0.1) is 5.41 Å². The number of carbonyl (C=O) groups is 2. The van der Waals surface area contributed by atoms with E-state index in [-0.39, 0.29) is 6.61 Å². The van der Waals surface area contributed by atoms with Gasteiger partial charge in [-0.1, -0.05) is 32.0 Å². The fourth-order valence-electron chi connectivity index (χ4n) is 1.23. The highest BCUT2D eigenvalue weighted by Crippen LogP contribution is 2.18. The van der Waals surface area contributed by atoms with Gasteiger partial charge in [0.15, 0.2) is 0 Å². The van der Waals surface area contributed by atoms with E-state index in [1.165, 1.54) is 0 Å². The highest BCUT2D eigenvalue weighted by atomic mass is 16.5. The first-order valence-electron chi connectivity index (χ1n) is 6.57. The Morgan fingerprint density at radius 2 is 1.81 bits per heavy atom. The van der Waals surface area contributed by atoms with Crippen molar-refractivity contribution < 1.29 is 24.5 Å². The summed E-state index contributed by atoms with van der Waals surface area (Å²) in [7, 11) is 0. The monoisotopic (exact) mass is 297 g/mol. The molecule has 1 unspecified atom stereocenters. The van der Waals surface area contributed by atoms with Gasteiger partial charge in [0, 0.05) is 5.41 Å². The van der Waals surface area contributed by atoms with Gasteiger partial charge in [-0.25, -0.2) is 4.79 Å². The van der Waals surface area contributed by atoms with Gasteiger partial charge in [-0.3, -0.25) is 4.79 Å². The van der Waals surface area contributed by atoms with E-state index in [0.29, 0.717) is 12.2 Å². The standard InChI is InChI=1S/C8H17NO3.C7H6O2/c1-4-12-7(11)6(9)8(2,3)5-10;8-7(9)6-4-2-1-3-5-6/h6,10H,4-5,9H2,1-3H3;1-5H,(H,8,9). The molecule has 6 heteroatoms. The van der Waals surface area contributed by atoms with Crippen LogP contribution in [0.4, 0.5) is 0 Å². The quantitative estimate of drug-likeness (QED) is 0.706. The lowest BCUT2D eigenvalue weighted by molar-refractivity contribution is -0.148. The molecule has 1 rings (SSSR count). The number of esters is 1. The van der Waals surface area contributed by atoms with Gasteiger partial charge in [0.25, 0.3) is 0 Å². The van der Waals surface area contributed by atoms with E-state index in [2.05, 4.69) is 0 Å². The van der Waals surface area contributed by atoms with Crippen LogP contribution in [0.2, 0.25) is 0 Å². The number of carboxylic acid groups (broad SMARTS) is 1. The van der Waals surface area contributed by atoms with Gasteiger partial charge in [0.1, 0.15) is 6.04 Å². The molecule has 0 saturated heterocycles. The molecular weight excluding hydrogens is 274 g/mol. The van der Waals surface area contributed by atoms with Crippen LogP contribution in [-0.4, -0.2) is 41.4 Å². The minimum Gasteiger partial charge on any atom is -0.478 e. The van der Waals surface area contributed by atoms with Gasteiger partial charge in [-0.05, 0) is 19.1 Å². The Balaban J connectivity index is 0.000000394. The Bertz CT molecular complexity index is 445. The molecule has 0 bridgehead atoms.